The van der Waals surface area contributed by atoms with E-state index in [1.54, 1.807) is 30.9 Å². The highest BCUT2D eigenvalue weighted by Crippen LogP contribution is 2.07. The Morgan fingerprint density at radius 2 is 2.27 bits per heavy atom. The summed E-state index contributed by atoms with van der Waals surface area (Å²) in [6.45, 7) is 1.37. The molecular weight excluding hydrogens is 194 g/mol. The van der Waals surface area contributed by atoms with Crippen molar-refractivity contribution in [2.75, 3.05) is 34.2 Å². The number of likely N-dealkylation sites (tertiary alicyclic amines) is 1. The second-order valence-electron chi connectivity index (χ2n) is 4.09. The SMILES string of the molecule is CN(C)C(=O)CCNC1CCN(C)C1=O. The summed E-state index contributed by atoms with van der Waals surface area (Å²) in [7, 11) is 5.27. The Morgan fingerprint density at radius 1 is 1.60 bits per heavy atom. The van der Waals surface area contributed by atoms with Gasteiger partial charge in [-0.2, -0.15) is 0 Å². The van der Waals surface area contributed by atoms with Gasteiger partial charge in [0.15, 0.2) is 0 Å². The molecule has 1 saturated heterocycles. The average Bonchev–Trinajstić information content (AvgIpc) is 2.49. The lowest BCUT2D eigenvalue weighted by Gasteiger charge is -2.13. The van der Waals surface area contributed by atoms with Crippen molar-refractivity contribution in [1.82, 2.24) is 15.1 Å². The lowest BCUT2D eigenvalue weighted by Crippen LogP contribution is -2.38. The number of amides is 2. The molecule has 1 unspecified atom stereocenters. The summed E-state index contributed by atoms with van der Waals surface area (Å²) in [5.74, 6) is 0.216. The van der Waals surface area contributed by atoms with Gasteiger partial charge in [0.25, 0.3) is 0 Å². The van der Waals surface area contributed by atoms with Crippen molar-refractivity contribution in [2.45, 2.75) is 18.9 Å². The highest BCUT2D eigenvalue weighted by molar-refractivity contribution is 5.83. The monoisotopic (exact) mass is 213 g/mol. The van der Waals surface area contributed by atoms with E-state index in [1.165, 1.54) is 0 Å². The summed E-state index contributed by atoms with van der Waals surface area (Å²) in [6, 6.07) is -0.0926. The Hall–Kier alpha value is -1.10. The Morgan fingerprint density at radius 3 is 2.73 bits per heavy atom. The molecule has 86 valence electrons. The van der Waals surface area contributed by atoms with Crippen LogP contribution in [0, 0.1) is 0 Å². The number of hydrogen-bond acceptors (Lipinski definition) is 3. The maximum atomic E-state index is 11.5. The molecule has 5 nitrogen and oxygen atoms in total. The summed E-state index contributed by atoms with van der Waals surface area (Å²) in [5, 5.41) is 3.11. The number of nitrogens with zero attached hydrogens (tertiary/aromatic N) is 2. The normalized spacial score (nSPS) is 20.9. The predicted molar refractivity (Wildman–Crippen MR) is 57.4 cm³/mol. The smallest absolute Gasteiger partial charge is 0.239 e. The number of nitrogens with one attached hydrogen (secondary N) is 1. The van der Waals surface area contributed by atoms with Gasteiger partial charge in [0.05, 0.1) is 6.04 Å². The number of rotatable bonds is 4. The van der Waals surface area contributed by atoms with Crippen molar-refractivity contribution in [3.05, 3.63) is 0 Å². The van der Waals surface area contributed by atoms with E-state index >= 15 is 0 Å². The van der Waals surface area contributed by atoms with Crippen LogP contribution in [0.4, 0.5) is 0 Å². The van der Waals surface area contributed by atoms with Gasteiger partial charge in [-0.3, -0.25) is 9.59 Å². The molecule has 1 fully saturated rings. The second-order valence-corrected chi connectivity index (χ2v) is 4.09. The van der Waals surface area contributed by atoms with E-state index in [2.05, 4.69) is 5.32 Å². The van der Waals surface area contributed by atoms with Crippen LogP contribution < -0.4 is 5.32 Å². The zero-order valence-corrected chi connectivity index (χ0v) is 9.62. The Labute approximate surface area is 90.4 Å². The summed E-state index contributed by atoms with van der Waals surface area (Å²) in [5.41, 5.74) is 0. The van der Waals surface area contributed by atoms with Crippen LogP contribution in [-0.4, -0.2) is 61.9 Å². The van der Waals surface area contributed by atoms with Gasteiger partial charge < -0.3 is 15.1 Å². The van der Waals surface area contributed by atoms with Crippen LogP contribution >= 0.6 is 0 Å². The molecule has 0 aromatic carbocycles. The summed E-state index contributed by atoms with van der Waals surface area (Å²) in [6.07, 6.45) is 1.28. The highest BCUT2D eigenvalue weighted by atomic mass is 16.2. The van der Waals surface area contributed by atoms with E-state index in [9.17, 15) is 9.59 Å². The zero-order valence-electron chi connectivity index (χ0n) is 9.62. The number of hydrogen-bond donors (Lipinski definition) is 1. The third-order valence-electron chi connectivity index (χ3n) is 2.66. The first-order valence-electron chi connectivity index (χ1n) is 5.21. The maximum absolute atomic E-state index is 11.5. The fourth-order valence-electron chi connectivity index (χ4n) is 1.59. The van der Waals surface area contributed by atoms with Gasteiger partial charge >= 0.3 is 0 Å². The fraction of sp³-hybridized carbons (Fsp3) is 0.800. The maximum Gasteiger partial charge on any atom is 0.239 e. The quantitative estimate of drug-likeness (QED) is 0.671. The van der Waals surface area contributed by atoms with Gasteiger partial charge in [-0.05, 0) is 6.42 Å². The Kier molecular flexibility index (Phi) is 4.08. The van der Waals surface area contributed by atoms with E-state index in [-0.39, 0.29) is 17.9 Å². The van der Waals surface area contributed by atoms with E-state index < -0.39 is 0 Å². The number of likely N-dealkylation sites (N-methyl/N-ethyl adjacent to an activating group) is 1. The molecule has 1 rings (SSSR count). The molecule has 0 aromatic rings. The largest absolute Gasteiger partial charge is 0.349 e. The first kappa shape index (κ1) is 12.0. The van der Waals surface area contributed by atoms with E-state index in [0.29, 0.717) is 13.0 Å². The molecule has 0 bridgehead atoms. The molecule has 15 heavy (non-hydrogen) atoms. The standard InChI is InChI=1S/C10H19N3O2/c1-12(2)9(14)4-6-11-8-5-7-13(3)10(8)15/h8,11H,4-7H2,1-3H3. The minimum absolute atomic E-state index is 0.0845. The van der Waals surface area contributed by atoms with Gasteiger partial charge in [-0.15, -0.1) is 0 Å². The molecule has 0 aromatic heterocycles. The minimum Gasteiger partial charge on any atom is -0.349 e. The van der Waals surface area contributed by atoms with E-state index in [1.807, 2.05) is 0 Å². The van der Waals surface area contributed by atoms with Gasteiger partial charge in [-0.1, -0.05) is 0 Å². The molecule has 0 saturated carbocycles. The van der Waals surface area contributed by atoms with Crippen LogP contribution in [0.5, 0.6) is 0 Å². The molecule has 0 aliphatic carbocycles. The fourth-order valence-corrected chi connectivity index (χ4v) is 1.59. The van der Waals surface area contributed by atoms with Crippen LogP contribution in [0.25, 0.3) is 0 Å². The first-order chi connectivity index (χ1) is 7.02. The topological polar surface area (TPSA) is 52.7 Å². The van der Waals surface area contributed by atoms with Crippen LogP contribution in [-0.2, 0) is 9.59 Å². The molecular formula is C10H19N3O2. The molecule has 1 atom stereocenters. The third-order valence-corrected chi connectivity index (χ3v) is 2.66. The molecule has 1 heterocycles. The lowest BCUT2D eigenvalue weighted by molar-refractivity contribution is -0.130. The average molecular weight is 213 g/mol. The van der Waals surface area contributed by atoms with Crippen LogP contribution in [0.3, 0.4) is 0 Å². The van der Waals surface area contributed by atoms with Gasteiger partial charge in [0, 0.05) is 40.7 Å². The Bertz CT molecular complexity index is 253. The van der Waals surface area contributed by atoms with Gasteiger partial charge in [0.1, 0.15) is 0 Å². The van der Waals surface area contributed by atoms with Crippen LogP contribution in [0.1, 0.15) is 12.8 Å². The highest BCUT2D eigenvalue weighted by Gasteiger charge is 2.28. The first-order valence-corrected chi connectivity index (χ1v) is 5.21. The third kappa shape index (κ3) is 3.20. The van der Waals surface area contributed by atoms with Crippen LogP contribution in [0.15, 0.2) is 0 Å². The summed E-state index contributed by atoms with van der Waals surface area (Å²) < 4.78 is 0. The van der Waals surface area contributed by atoms with Crippen molar-refractivity contribution in [3.63, 3.8) is 0 Å². The molecule has 1 N–H and O–H groups in total. The summed E-state index contributed by atoms with van der Waals surface area (Å²) >= 11 is 0. The van der Waals surface area contributed by atoms with Gasteiger partial charge in [0.2, 0.25) is 11.8 Å². The van der Waals surface area contributed by atoms with E-state index in [4.69, 9.17) is 0 Å². The molecule has 0 radical (unpaired) electrons. The number of carbonyl (C=O) groups is 2. The van der Waals surface area contributed by atoms with Crippen molar-refractivity contribution in [1.29, 1.82) is 0 Å². The summed E-state index contributed by atoms with van der Waals surface area (Å²) in [4.78, 5) is 26.0. The molecule has 1 aliphatic rings. The lowest BCUT2D eigenvalue weighted by atomic mass is 10.2. The molecule has 0 spiro atoms. The van der Waals surface area contributed by atoms with Crippen molar-refractivity contribution >= 4 is 11.8 Å². The Balaban J connectivity index is 2.21. The van der Waals surface area contributed by atoms with Crippen molar-refractivity contribution < 1.29 is 9.59 Å². The second kappa shape index (κ2) is 5.11. The molecule has 2 amide bonds. The molecule has 1 aliphatic heterocycles. The van der Waals surface area contributed by atoms with Crippen molar-refractivity contribution in [3.8, 4) is 0 Å². The van der Waals surface area contributed by atoms with Gasteiger partial charge in [-0.25, -0.2) is 0 Å². The number of carbonyl (C=O) groups excluding carboxylic acids is 2. The van der Waals surface area contributed by atoms with Crippen molar-refractivity contribution in [2.24, 2.45) is 0 Å². The van der Waals surface area contributed by atoms with Crippen LogP contribution in [0.2, 0.25) is 0 Å². The predicted octanol–water partition coefficient (Wildman–Crippen LogP) is -0.715. The van der Waals surface area contributed by atoms with E-state index in [0.717, 1.165) is 13.0 Å². The zero-order chi connectivity index (χ0) is 11.4. The molecule has 5 heteroatoms. The minimum atomic E-state index is -0.0926.